The Morgan fingerprint density at radius 2 is 2.47 bits per heavy atom. The molecule has 0 atom stereocenters. The van der Waals surface area contributed by atoms with Crippen LogP contribution in [0.4, 0.5) is 0 Å². The first kappa shape index (κ1) is 9.92. The van der Waals surface area contributed by atoms with Gasteiger partial charge >= 0.3 is 5.97 Å². The van der Waals surface area contributed by atoms with E-state index in [-0.39, 0.29) is 6.42 Å². The van der Waals surface area contributed by atoms with Crippen LogP contribution in [-0.4, -0.2) is 20.6 Å². The monoisotopic (exact) mass is 222 g/mol. The number of imidazole rings is 1. The molecule has 0 aliphatic rings. The maximum Gasteiger partial charge on any atom is 0.308 e. The summed E-state index contributed by atoms with van der Waals surface area (Å²) in [5.74, 6) is 0.000379. The van der Waals surface area contributed by atoms with Crippen molar-refractivity contribution in [3.8, 4) is 11.4 Å². The van der Waals surface area contributed by atoms with Gasteiger partial charge in [0.1, 0.15) is 5.82 Å². The molecule has 0 aromatic carbocycles. The number of aryl methyl sites for hydroxylation is 1. The molecule has 2 heterocycles. The van der Waals surface area contributed by atoms with Crippen LogP contribution in [0.2, 0.25) is 0 Å². The van der Waals surface area contributed by atoms with E-state index >= 15 is 0 Å². The number of hydrogen-bond acceptors (Lipinski definition) is 3. The molecule has 2 aromatic heterocycles. The number of aromatic nitrogens is 2. The Labute approximate surface area is 90.8 Å². The van der Waals surface area contributed by atoms with Gasteiger partial charge in [-0.2, -0.15) is 0 Å². The molecule has 1 N–H and O–H groups in total. The van der Waals surface area contributed by atoms with Gasteiger partial charge in [-0.1, -0.05) is 0 Å². The molecule has 0 aliphatic carbocycles. The third-order valence-corrected chi connectivity index (χ3v) is 3.04. The second kappa shape index (κ2) is 3.86. The standard InChI is InChI=1S/C10H10N2O2S/c1-12-4-3-11-10(12)7-2-5-15-8(7)6-9(13)14/h2-5H,6H2,1H3,(H,13,14). The lowest BCUT2D eigenvalue weighted by molar-refractivity contribution is -0.136. The second-order valence-electron chi connectivity index (χ2n) is 3.19. The average Bonchev–Trinajstić information content (AvgIpc) is 2.73. The molecule has 0 unspecified atom stereocenters. The summed E-state index contributed by atoms with van der Waals surface area (Å²) in [4.78, 5) is 15.7. The van der Waals surface area contributed by atoms with E-state index in [9.17, 15) is 4.79 Å². The minimum atomic E-state index is -0.812. The molecule has 0 aliphatic heterocycles. The van der Waals surface area contributed by atoms with Crippen molar-refractivity contribution < 1.29 is 9.90 Å². The van der Waals surface area contributed by atoms with Gasteiger partial charge in [0.15, 0.2) is 0 Å². The van der Waals surface area contributed by atoms with Crippen LogP contribution in [0.5, 0.6) is 0 Å². The number of carbonyl (C=O) groups is 1. The maximum atomic E-state index is 10.7. The summed E-state index contributed by atoms with van der Waals surface area (Å²) in [7, 11) is 1.89. The summed E-state index contributed by atoms with van der Waals surface area (Å²) in [6.07, 6.45) is 3.61. The molecule has 2 rings (SSSR count). The van der Waals surface area contributed by atoms with Gasteiger partial charge in [-0.15, -0.1) is 11.3 Å². The van der Waals surface area contributed by atoms with Crippen molar-refractivity contribution in [1.82, 2.24) is 9.55 Å². The Balaban J connectivity index is 2.41. The van der Waals surface area contributed by atoms with Crippen LogP contribution in [0.1, 0.15) is 4.88 Å². The number of thiophene rings is 1. The summed E-state index contributed by atoms with van der Waals surface area (Å²) in [5.41, 5.74) is 0.912. The molecule has 0 amide bonds. The Kier molecular flexibility index (Phi) is 2.55. The fourth-order valence-electron chi connectivity index (χ4n) is 1.44. The zero-order valence-electron chi connectivity index (χ0n) is 8.17. The highest BCUT2D eigenvalue weighted by Crippen LogP contribution is 2.27. The van der Waals surface area contributed by atoms with Crippen LogP contribution >= 0.6 is 11.3 Å². The fourth-order valence-corrected chi connectivity index (χ4v) is 2.30. The Morgan fingerprint density at radius 3 is 3.07 bits per heavy atom. The number of carboxylic acid groups (broad SMARTS) is 1. The Bertz CT molecular complexity index is 487. The fraction of sp³-hybridized carbons (Fsp3) is 0.200. The van der Waals surface area contributed by atoms with Crippen molar-refractivity contribution in [3.63, 3.8) is 0 Å². The quantitative estimate of drug-likeness (QED) is 0.861. The highest BCUT2D eigenvalue weighted by molar-refractivity contribution is 7.10. The zero-order chi connectivity index (χ0) is 10.8. The minimum absolute atomic E-state index is 0.0554. The molecule has 2 aromatic rings. The molecule has 78 valence electrons. The van der Waals surface area contributed by atoms with Gasteiger partial charge in [-0.05, 0) is 11.4 Å². The van der Waals surface area contributed by atoms with Crippen molar-refractivity contribution in [2.75, 3.05) is 0 Å². The lowest BCUT2D eigenvalue weighted by Crippen LogP contribution is -2.00. The average molecular weight is 222 g/mol. The van der Waals surface area contributed by atoms with E-state index in [4.69, 9.17) is 5.11 Å². The topological polar surface area (TPSA) is 55.1 Å². The first-order valence-electron chi connectivity index (χ1n) is 4.44. The zero-order valence-corrected chi connectivity index (χ0v) is 8.99. The molecule has 0 spiro atoms. The van der Waals surface area contributed by atoms with E-state index in [1.807, 2.05) is 29.3 Å². The van der Waals surface area contributed by atoms with E-state index in [0.29, 0.717) is 0 Å². The SMILES string of the molecule is Cn1ccnc1-c1ccsc1CC(=O)O. The minimum Gasteiger partial charge on any atom is -0.481 e. The van der Waals surface area contributed by atoms with Gasteiger partial charge in [-0.25, -0.2) is 4.98 Å². The summed E-state index contributed by atoms with van der Waals surface area (Å²) in [5, 5.41) is 10.6. The predicted octanol–water partition coefficient (Wildman–Crippen LogP) is 1.78. The largest absolute Gasteiger partial charge is 0.481 e. The molecule has 0 bridgehead atoms. The molecule has 0 saturated carbocycles. The summed E-state index contributed by atoms with van der Waals surface area (Å²) in [6, 6.07) is 1.91. The third kappa shape index (κ3) is 1.92. The highest BCUT2D eigenvalue weighted by atomic mass is 32.1. The van der Waals surface area contributed by atoms with Crippen LogP contribution in [-0.2, 0) is 18.3 Å². The molecular formula is C10H10N2O2S. The smallest absolute Gasteiger partial charge is 0.308 e. The number of aliphatic carboxylic acids is 1. The van der Waals surface area contributed by atoms with Crippen LogP contribution in [0, 0.1) is 0 Å². The van der Waals surface area contributed by atoms with Gasteiger partial charge < -0.3 is 9.67 Å². The van der Waals surface area contributed by atoms with Gasteiger partial charge in [-0.3, -0.25) is 4.79 Å². The summed E-state index contributed by atoms with van der Waals surface area (Å²) < 4.78 is 1.88. The molecule has 15 heavy (non-hydrogen) atoms. The van der Waals surface area contributed by atoms with E-state index in [2.05, 4.69) is 4.98 Å². The highest BCUT2D eigenvalue weighted by Gasteiger charge is 2.12. The Hall–Kier alpha value is -1.62. The van der Waals surface area contributed by atoms with Crippen molar-refractivity contribution in [2.45, 2.75) is 6.42 Å². The normalized spacial score (nSPS) is 10.5. The lowest BCUT2D eigenvalue weighted by atomic mass is 10.2. The maximum absolute atomic E-state index is 10.7. The van der Waals surface area contributed by atoms with E-state index in [0.717, 1.165) is 16.3 Å². The van der Waals surface area contributed by atoms with Crippen molar-refractivity contribution in [3.05, 3.63) is 28.7 Å². The molecule has 5 heteroatoms. The lowest BCUT2D eigenvalue weighted by Gasteiger charge is -2.01. The third-order valence-electron chi connectivity index (χ3n) is 2.12. The van der Waals surface area contributed by atoms with Crippen molar-refractivity contribution >= 4 is 17.3 Å². The van der Waals surface area contributed by atoms with Gasteiger partial charge in [0.05, 0.1) is 6.42 Å². The first-order chi connectivity index (χ1) is 7.18. The number of nitrogens with zero attached hydrogens (tertiary/aromatic N) is 2. The van der Waals surface area contributed by atoms with Crippen molar-refractivity contribution in [2.24, 2.45) is 7.05 Å². The summed E-state index contributed by atoms with van der Waals surface area (Å²) in [6.45, 7) is 0. The second-order valence-corrected chi connectivity index (χ2v) is 4.19. The first-order valence-corrected chi connectivity index (χ1v) is 5.32. The van der Waals surface area contributed by atoms with Crippen LogP contribution in [0.15, 0.2) is 23.8 Å². The van der Waals surface area contributed by atoms with Crippen LogP contribution in [0.25, 0.3) is 11.4 Å². The number of rotatable bonds is 3. The molecule has 0 radical (unpaired) electrons. The predicted molar refractivity (Wildman–Crippen MR) is 57.9 cm³/mol. The van der Waals surface area contributed by atoms with Crippen LogP contribution in [0.3, 0.4) is 0 Å². The molecular weight excluding hydrogens is 212 g/mol. The number of carboxylic acids is 1. The van der Waals surface area contributed by atoms with E-state index in [1.54, 1.807) is 6.20 Å². The Morgan fingerprint density at radius 1 is 1.67 bits per heavy atom. The molecule has 0 fully saturated rings. The van der Waals surface area contributed by atoms with Gasteiger partial charge in [0, 0.05) is 29.9 Å². The van der Waals surface area contributed by atoms with Crippen LogP contribution < -0.4 is 0 Å². The molecule has 4 nitrogen and oxygen atoms in total. The number of hydrogen-bond donors (Lipinski definition) is 1. The molecule has 0 saturated heterocycles. The van der Waals surface area contributed by atoms with E-state index in [1.165, 1.54) is 11.3 Å². The van der Waals surface area contributed by atoms with Gasteiger partial charge in [0.25, 0.3) is 0 Å². The van der Waals surface area contributed by atoms with E-state index < -0.39 is 5.97 Å². The summed E-state index contributed by atoms with van der Waals surface area (Å²) >= 11 is 1.45. The van der Waals surface area contributed by atoms with Crippen molar-refractivity contribution in [1.29, 1.82) is 0 Å². The van der Waals surface area contributed by atoms with Gasteiger partial charge in [0.2, 0.25) is 0 Å².